The van der Waals surface area contributed by atoms with Gasteiger partial charge in [-0.3, -0.25) is 9.80 Å². The summed E-state index contributed by atoms with van der Waals surface area (Å²) in [4.78, 5) is 5.17. The van der Waals surface area contributed by atoms with Crippen molar-refractivity contribution in [2.75, 3.05) is 26.7 Å². The molecule has 94 valence electrons. The summed E-state index contributed by atoms with van der Waals surface area (Å²) in [5, 5.41) is 0. The minimum Gasteiger partial charge on any atom is -0.329 e. The molecule has 1 aliphatic carbocycles. The Bertz CT molecular complexity index is 233. The van der Waals surface area contributed by atoms with Gasteiger partial charge in [-0.2, -0.15) is 0 Å². The first-order valence-corrected chi connectivity index (χ1v) is 6.71. The van der Waals surface area contributed by atoms with Crippen LogP contribution < -0.4 is 5.73 Å². The summed E-state index contributed by atoms with van der Waals surface area (Å²) < 4.78 is 0. The Labute approximate surface area is 100.0 Å². The normalized spacial score (nSPS) is 33.4. The molecular weight excluding hydrogens is 198 g/mol. The van der Waals surface area contributed by atoms with Gasteiger partial charge in [0.05, 0.1) is 0 Å². The molecule has 0 aromatic rings. The van der Waals surface area contributed by atoms with Crippen LogP contribution in [0.5, 0.6) is 0 Å². The molecule has 3 heteroatoms. The van der Waals surface area contributed by atoms with Crippen molar-refractivity contribution in [2.24, 2.45) is 5.73 Å². The number of hydrogen-bond acceptors (Lipinski definition) is 3. The van der Waals surface area contributed by atoms with E-state index in [-0.39, 0.29) is 5.54 Å². The zero-order chi connectivity index (χ0) is 11.8. The predicted octanol–water partition coefficient (Wildman–Crippen LogP) is 1.28. The lowest BCUT2D eigenvalue weighted by atomic mass is 9.94. The molecule has 16 heavy (non-hydrogen) atoms. The van der Waals surface area contributed by atoms with E-state index in [1.165, 1.54) is 38.8 Å². The summed E-state index contributed by atoms with van der Waals surface area (Å²) in [5.74, 6) is 0. The van der Waals surface area contributed by atoms with Gasteiger partial charge >= 0.3 is 0 Å². The van der Waals surface area contributed by atoms with Crippen LogP contribution in [0.1, 0.15) is 39.5 Å². The zero-order valence-corrected chi connectivity index (χ0v) is 11.1. The molecule has 1 atom stereocenters. The van der Waals surface area contributed by atoms with Crippen LogP contribution in [0.15, 0.2) is 0 Å². The lowest BCUT2D eigenvalue weighted by Gasteiger charge is -2.51. The molecule has 1 aliphatic heterocycles. The monoisotopic (exact) mass is 225 g/mol. The van der Waals surface area contributed by atoms with E-state index in [1.54, 1.807) is 0 Å². The lowest BCUT2D eigenvalue weighted by molar-refractivity contribution is -0.0205. The number of hydrogen-bond donors (Lipinski definition) is 1. The van der Waals surface area contributed by atoms with Crippen molar-refractivity contribution >= 4 is 0 Å². The number of piperazine rings is 1. The molecule has 2 fully saturated rings. The van der Waals surface area contributed by atoms with Crippen molar-refractivity contribution in [3.05, 3.63) is 0 Å². The van der Waals surface area contributed by atoms with Gasteiger partial charge in [0.25, 0.3) is 0 Å². The van der Waals surface area contributed by atoms with Crippen LogP contribution in [-0.2, 0) is 0 Å². The molecule has 3 nitrogen and oxygen atoms in total. The quantitative estimate of drug-likeness (QED) is 0.768. The molecule has 1 heterocycles. The van der Waals surface area contributed by atoms with Gasteiger partial charge in [0, 0.05) is 37.3 Å². The van der Waals surface area contributed by atoms with Crippen molar-refractivity contribution < 1.29 is 0 Å². The summed E-state index contributed by atoms with van der Waals surface area (Å²) in [7, 11) is 2.23. The largest absolute Gasteiger partial charge is 0.329 e. The standard InChI is InChI=1S/C13H27N3/c1-13(2)10-16(11-6-4-5-7-11)9-12(8-14)15(13)3/h11-12H,4-10,14H2,1-3H3. The Balaban J connectivity index is 2.05. The van der Waals surface area contributed by atoms with Crippen LogP contribution in [0.25, 0.3) is 0 Å². The molecule has 0 amide bonds. The van der Waals surface area contributed by atoms with Crippen LogP contribution in [0.3, 0.4) is 0 Å². The Morgan fingerprint density at radius 3 is 2.44 bits per heavy atom. The fourth-order valence-corrected chi connectivity index (χ4v) is 3.34. The second-order valence-corrected chi connectivity index (χ2v) is 6.18. The molecule has 0 aromatic carbocycles. The van der Waals surface area contributed by atoms with Crippen molar-refractivity contribution in [1.29, 1.82) is 0 Å². The molecule has 2 rings (SSSR count). The molecular formula is C13H27N3. The molecule has 1 saturated carbocycles. The minimum atomic E-state index is 0.269. The van der Waals surface area contributed by atoms with Crippen molar-refractivity contribution in [2.45, 2.75) is 57.2 Å². The Kier molecular flexibility index (Phi) is 3.57. The summed E-state index contributed by atoms with van der Waals surface area (Å²) in [6.07, 6.45) is 5.64. The van der Waals surface area contributed by atoms with E-state index < -0.39 is 0 Å². The maximum Gasteiger partial charge on any atom is 0.0348 e. The van der Waals surface area contributed by atoms with Gasteiger partial charge in [0.15, 0.2) is 0 Å². The number of nitrogens with two attached hydrogens (primary N) is 1. The number of rotatable bonds is 2. The van der Waals surface area contributed by atoms with Crippen LogP contribution in [-0.4, -0.2) is 54.1 Å². The third-order valence-corrected chi connectivity index (χ3v) is 4.65. The van der Waals surface area contributed by atoms with Crippen molar-refractivity contribution in [3.8, 4) is 0 Å². The second kappa shape index (κ2) is 4.63. The van der Waals surface area contributed by atoms with Crippen LogP contribution >= 0.6 is 0 Å². The highest BCUT2D eigenvalue weighted by atomic mass is 15.3. The highest BCUT2D eigenvalue weighted by Gasteiger charge is 2.39. The zero-order valence-electron chi connectivity index (χ0n) is 11.1. The van der Waals surface area contributed by atoms with Gasteiger partial charge in [-0.1, -0.05) is 12.8 Å². The molecule has 2 N–H and O–H groups in total. The van der Waals surface area contributed by atoms with Gasteiger partial charge in [0.1, 0.15) is 0 Å². The van der Waals surface area contributed by atoms with Gasteiger partial charge < -0.3 is 5.73 Å². The molecule has 0 spiro atoms. The van der Waals surface area contributed by atoms with Gasteiger partial charge in [-0.05, 0) is 33.7 Å². The predicted molar refractivity (Wildman–Crippen MR) is 68.5 cm³/mol. The molecule has 1 saturated heterocycles. The molecule has 2 aliphatic rings. The molecule has 0 aromatic heterocycles. The maximum absolute atomic E-state index is 5.91. The third-order valence-electron chi connectivity index (χ3n) is 4.65. The number of likely N-dealkylation sites (N-methyl/N-ethyl adjacent to an activating group) is 1. The lowest BCUT2D eigenvalue weighted by Crippen LogP contribution is -2.65. The van der Waals surface area contributed by atoms with Gasteiger partial charge in [-0.15, -0.1) is 0 Å². The highest BCUT2D eigenvalue weighted by molar-refractivity contribution is 4.96. The average molecular weight is 225 g/mol. The first-order valence-electron chi connectivity index (χ1n) is 6.71. The summed E-state index contributed by atoms with van der Waals surface area (Å²) in [5.41, 5.74) is 6.18. The van der Waals surface area contributed by atoms with E-state index in [9.17, 15) is 0 Å². The van der Waals surface area contributed by atoms with Crippen LogP contribution in [0.4, 0.5) is 0 Å². The topological polar surface area (TPSA) is 32.5 Å². The Morgan fingerprint density at radius 2 is 1.88 bits per heavy atom. The SMILES string of the molecule is CN1C(CN)CN(C2CCCC2)CC1(C)C. The van der Waals surface area contributed by atoms with Crippen LogP contribution in [0, 0.1) is 0 Å². The van der Waals surface area contributed by atoms with E-state index in [2.05, 4.69) is 30.7 Å². The Hall–Kier alpha value is -0.120. The van der Waals surface area contributed by atoms with E-state index >= 15 is 0 Å². The van der Waals surface area contributed by atoms with E-state index in [1.807, 2.05) is 0 Å². The first-order chi connectivity index (χ1) is 7.54. The fraction of sp³-hybridized carbons (Fsp3) is 1.00. The molecule has 0 radical (unpaired) electrons. The smallest absolute Gasteiger partial charge is 0.0348 e. The van der Waals surface area contributed by atoms with Gasteiger partial charge in [-0.25, -0.2) is 0 Å². The third kappa shape index (κ3) is 2.27. The van der Waals surface area contributed by atoms with E-state index in [0.717, 1.165) is 12.6 Å². The van der Waals surface area contributed by atoms with Gasteiger partial charge in [0.2, 0.25) is 0 Å². The minimum absolute atomic E-state index is 0.269. The van der Waals surface area contributed by atoms with E-state index in [0.29, 0.717) is 6.04 Å². The fourth-order valence-electron chi connectivity index (χ4n) is 3.34. The molecule has 1 unspecified atom stereocenters. The summed E-state index contributed by atoms with van der Waals surface area (Å²) >= 11 is 0. The maximum atomic E-state index is 5.91. The highest BCUT2D eigenvalue weighted by Crippen LogP contribution is 2.30. The van der Waals surface area contributed by atoms with Crippen LogP contribution in [0.2, 0.25) is 0 Å². The summed E-state index contributed by atoms with van der Waals surface area (Å²) in [6.45, 7) is 7.84. The molecule has 0 bridgehead atoms. The van der Waals surface area contributed by atoms with Crippen molar-refractivity contribution in [3.63, 3.8) is 0 Å². The summed E-state index contributed by atoms with van der Waals surface area (Å²) in [6, 6.07) is 1.37. The number of nitrogens with zero attached hydrogens (tertiary/aromatic N) is 2. The van der Waals surface area contributed by atoms with Crippen molar-refractivity contribution in [1.82, 2.24) is 9.80 Å². The van der Waals surface area contributed by atoms with E-state index in [4.69, 9.17) is 5.73 Å². The average Bonchev–Trinajstić information content (AvgIpc) is 2.75. The second-order valence-electron chi connectivity index (χ2n) is 6.18. The first kappa shape index (κ1) is 12.3. The Morgan fingerprint density at radius 1 is 1.25 bits per heavy atom.